The van der Waals surface area contributed by atoms with Crippen molar-refractivity contribution in [3.05, 3.63) is 66.0 Å². The molecule has 0 N–H and O–H groups in total. The van der Waals surface area contributed by atoms with Crippen molar-refractivity contribution in [1.29, 1.82) is 0 Å². The Kier molecular flexibility index (Phi) is 8.95. The second kappa shape index (κ2) is 12.0. The molecule has 2 saturated carbocycles. The molecule has 4 aliphatic rings. The fourth-order valence-corrected chi connectivity index (χ4v) is 12.2. The molecule has 2 fully saturated rings. The van der Waals surface area contributed by atoms with E-state index in [1.54, 1.807) is 13.8 Å². The van der Waals surface area contributed by atoms with Gasteiger partial charge in [-0.2, -0.15) is 0 Å². The van der Waals surface area contributed by atoms with E-state index in [4.69, 9.17) is 18.9 Å². The number of carbonyl (C=O) groups is 2. The van der Waals surface area contributed by atoms with Crippen molar-refractivity contribution >= 4 is 30.3 Å². The Morgan fingerprint density at radius 2 is 1.81 bits per heavy atom. The molecule has 5 rings (SSSR count). The van der Waals surface area contributed by atoms with E-state index < -0.39 is 36.1 Å². The molecular weight excluding hydrogens is 635 g/mol. The Morgan fingerprint density at radius 3 is 2.45 bits per heavy atom. The van der Waals surface area contributed by atoms with Crippen molar-refractivity contribution in [1.82, 2.24) is 0 Å². The van der Waals surface area contributed by atoms with E-state index in [-0.39, 0.29) is 41.8 Å². The summed E-state index contributed by atoms with van der Waals surface area (Å²) in [6, 6.07) is 8.74. The standard InChI is InChI=1S/C32H39O6.3CH3.Sn/c1-7-20-11-15-22-24-16-19(3)10-14-23(24)29(36-21-12-8-18(2)9-13-21)28(22)27(20)30-25(17-26(33)35-6)31(34)38-32(4,5)37-30;;;;/h7-9,11-13,15,19-20,22-24,27-29H,1-2,10,14,16-17H2,3-6H3;3*1H3;/t19-,20+,22+,23-,24+,27+,28+,29+;;;;/m1..../s1. The van der Waals surface area contributed by atoms with Crippen LogP contribution in [0.3, 0.4) is 0 Å². The van der Waals surface area contributed by atoms with Gasteiger partial charge in [0, 0.05) is 13.8 Å². The monoisotopic (exact) mass is 684 g/mol. The second-order valence-electron chi connectivity index (χ2n) is 14.6. The minimum absolute atomic E-state index is 0.0492. The van der Waals surface area contributed by atoms with E-state index in [0.29, 0.717) is 23.5 Å². The van der Waals surface area contributed by atoms with Crippen LogP contribution in [0.2, 0.25) is 14.8 Å². The summed E-state index contributed by atoms with van der Waals surface area (Å²) in [6.45, 7) is 10.0. The fraction of sp³-hybridized carbons (Fsp3) is 0.600. The van der Waals surface area contributed by atoms with Gasteiger partial charge in [-0.1, -0.05) is 0 Å². The van der Waals surface area contributed by atoms with Crippen LogP contribution >= 0.6 is 0 Å². The zero-order chi connectivity index (χ0) is 30.4. The number of carbonyl (C=O) groups excluding carboxylic acids is 2. The first-order chi connectivity index (χ1) is 19.8. The van der Waals surface area contributed by atoms with Crippen LogP contribution in [-0.4, -0.2) is 49.3 Å². The van der Waals surface area contributed by atoms with Crippen molar-refractivity contribution < 1.29 is 28.5 Å². The Labute approximate surface area is 255 Å². The van der Waals surface area contributed by atoms with Crippen molar-refractivity contribution in [2.75, 3.05) is 7.11 Å². The fourth-order valence-electron chi connectivity index (χ4n) is 8.01. The molecule has 6 nitrogen and oxygen atoms in total. The van der Waals surface area contributed by atoms with Gasteiger partial charge in [0.1, 0.15) is 0 Å². The van der Waals surface area contributed by atoms with E-state index in [1.807, 2.05) is 6.08 Å². The van der Waals surface area contributed by atoms with E-state index in [9.17, 15) is 9.59 Å². The van der Waals surface area contributed by atoms with Crippen LogP contribution in [0.1, 0.15) is 52.0 Å². The molecule has 0 bridgehead atoms. The molecule has 228 valence electrons. The molecule has 1 heterocycles. The number of hydrogen-bond acceptors (Lipinski definition) is 6. The number of ether oxygens (including phenoxy) is 4. The number of fused-ring (bicyclic) bond motifs is 3. The summed E-state index contributed by atoms with van der Waals surface area (Å²) < 4.78 is 25.3. The number of hydrogen-bond donors (Lipinski definition) is 0. The number of allylic oxidation sites excluding steroid dienone is 4. The third-order valence-electron chi connectivity index (χ3n) is 9.63. The first-order valence-electron chi connectivity index (χ1n) is 15.6. The van der Waals surface area contributed by atoms with Gasteiger partial charge in [0.2, 0.25) is 0 Å². The molecule has 0 radical (unpaired) electrons. The molecule has 1 aromatic carbocycles. The average molecular weight is 683 g/mol. The van der Waals surface area contributed by atoms with Gasteiger partial charge in [0.05, 0.1) is 7.11 Å². The van der Waals surface area contributed by atoms with Crippen molar-refractivity contribution in [3.8, 4) is 5.75 Å². The molecule has 8 atom stereocenters. The van der Waals surface area contributed by atoms with Crippen molar-refractivity contribution in [2.24, 2.45) is 41.4 Å². The van der Waals surface area contributed by atoms with Gasteiger partial charge >= 0.3 is 217 Å². The van der Waals surface area contributed by atoms with Gasteiger partial charge in [-0.05, 0) is 0 Å². The quantitative estimate of drug-likeness (QED) is 0.163. The second-order valence-corrected chi connectivity index (χ2v) is 30.2. The molecule has 0 amide bonds. The summed E-state index contributed by atoms with van der Waals surface area (Å²) in [6.07, 6.45) is 9.73. The van der Waals surface area contributed by atoms with Gasteiger partial charge < -0.3 is 9.47 Å². The number of rotatable bonds is 8. The first kappa shape index (κ1) is 31.2. The Morgan fingerprint density at radius 1 is 1.10 bits per heavy atom. The molecule has 0 unspecified atom stereocenters. The van der Waals surface area contributed by atoms with Crippen LogP contribution in [0.4, 0.5) is 0 Å². The van der Waals surface area contributed by atoms with E-state index in [1.165, 1.54) is 23.5 Å². The van der Waals surface area contributed by atoms with E-state index >= 15 is 0 Å². The van der Waals surface area contributed by atoms with Gasteiger partial charge in [-0.3, -0.25) is 4.79 Å². The number of cyclic esters (lactones) is 1. The maximum atomic E-state index is 13.4. The van der Waals surface area contributed by atoms with Crippen molar-refractivity contribution in [3.63, 3.8) is 0 Å². The van der Waals surface area contributed by atoms with Crippen molar-refractivity contribution in [2.45, 2.75) is 77.6 Å². The predicted octanol–water partition coefficient (Wildman–Crippen LogP) is 7.27. The summed E-state index contributed by atoms with van der Waals surface area (Å²) >= 11 is -1.97. The first-order valence-corrected chi connectivity index (χ1v) is 26.2. The summed E-state index contributed by atoms with van der Waals surface area (Å²) in [5.74, 6) is 0.797. The van der Waals surface area contributed by atoms with E-state index in [2.05, 4.69) is 64.7 Å². The summed E-state index contributed by atoms with van der Waals surface area (Å²) in [5.41, 5.74) is 1.63. The van der Waals surface area contributed by atoms with Gasteiger partial charge in [0.15, 0.2) is 0 Å². The molecule has 1 aliphatic heterocycles. The molecule has 1 aromatic rings. The Hall–Kier alpha value is -2.22. The third-order valence-corrected chi connectivity index (χ3v) is 13.8. The topological polar surface area (TPSA) is 71.1 Å². The predicted molar refractivity (Wildman–Crippen MR) is 166 cm³/mol. The molecule has 42 heavy (non-hydrogen) atoms. The Balaban J connectivity index is 1.58. The number of esters is 2. The van der Waals surface area contributed by atoms with Gasteiger partial charge in [-0.15, -0.1) is 0 Å². The zero-order valence-electron chi connectivity index (χ0n) is 26.4. The van der Waals surface area contributed by atoms with Crippen LogP contribution in [0.15, 0.2) is 60.4 Å². The summed E-state index contributed by atoms with van der Waals surface area (Å²) in [5, 5.41) is 0. The van der Waals surface area contributed by atoms with Crippen LogP contribution in [0.25, 0.3) is 0 Å². The molecule has 0 aromatic heterocycles. The van der Waals surface area contributed by atoms with Gasteiger partial charge in [-0.25, -0.2) is 4.79 Å². The van der Waals surface area contributed by atoms with Crippen LogP contribution in [0, 0.1) is 41.4 Å². The minimum atomic E-state index is -1.97. The summed E-state index contributed by atoms with van der Waals surface area (Å²) in [7, 11) is 1.33. The van der Waals surface area contributed by atoms with Gasteiger partial charge in [0.25, 0.3) is 0 Å². The number of benzene rings is 1. The Bertz CT molecular complexity index is 1260. The normalized spacial score (nSPS) is 33.6. The molecule has 7 heteroatoms. The SMILES string of the molecule is C=C[C@H]1C=C[C@H]2[C@@H]3C[C@H](C)CC[C@H]3[C@H](Oc3ccc([CH2][Sn]([CH3])([CH3])[CH3])cc3)[C@@H]2[C@H]1C1=C(CC(=O)OC)C(=O)OC(C)(C)O1. The third kappa shape index (κ3) is 6.48. The molecule has 0 spiro atoms. The number of methoxy groups -OCH3 is 1. The molecule has 0 saturated heterocycles. The molecule has 3 aliphatic carbocycles. The average Bonchev–Trinajstić information content (AvgIpc) is 3.21. The summed E-state index contributed by atoms with van der Waals surface area (Å²) in [4.78, 5) is 33.2. The van der Waals surface area contributed by atoms with Crippen LogP contribution in [-0.2, 0) is 28.2 Å². The molecular formula is C35H48O6Sn. The van der Waals surface area contributed by atoms with Crippen LogP contribution < -0.4 is 4.74 Å². The maximum absolute atomic E-state index is 13.4. The van der Waals surface area contributed by atoms with E-state index in [0.717, 1.165) is 18.6 Å². The zero-order valence-corrected chi connectivity index (χ0v) is 29.2. The van der Waals surface area contributed by atoms with Crippen LogP contribution in [0.5, 0.6) is 5.75 Å².